The van der Waals surface area contributed by atoms with Crippen LogP contribution in [0.3, 0.4) is 0 Å². The van der Waals surface area contributed by atoms with E-state index in [0.29, 0.717) is 18.6 Å². The minimum absolute atomic E-state index is 0.0601. The molecule has 0 saturated heterocycles. The van der Waals surface area contributed by atoms with Crippen LogP contribution in [0, 0.1) is 0 Å². The van der Waals surface area contributed by atoms with E-state index in [1.807, 2.05) is 13.8 Å². The Morgan fingerprint density at radius 2 is 2.05 bits per heavy atom. The molecule has 5 heteroatoms. The standard InChI is InChI=1S/C15H26O5/c1-5-11(6-2)20-13-9-10(15(17)19-7-3)8-12(18-4)14(13)16/h9,11-14,16H,5-8H2,1-4H3/t12?,13-,14+/m1/s1. The second-order valence-electron chi connectivity index (χ2n) is 4.92. The fourth-order valence-electron chi connectivity index (χ4n) is 2.34. The third kappa shape index (κ3) is 4.30. The highest BCUT2D eigenvalue weighted by Crippen LogP contribution is 2.26. The summed E-state index contributed by atoms with van der Waals surface area (Å²) in [5, 5.41) is 10.3. The molecule has 0 aromatic carbocycles. The van der Waals surface area contributed by atoms with Crippen LogP contribution in [0.1, 0.15) is 40.0 Å². The molecule has 0 heterocycles. The first kappa shape index (κ1) is 17.1. The van der Waals surface area contributed by atoms with Gasteiger partial charge < -0.3 is 19.3 Å². The van der Waals surface area contributed by atoms with E-state index < -0.39 is 18.3 Å². The number of carbonyl (C=O) groups is 1. The molecule has 0 aromatic heterocycles. The number of aliphatic hydroxyl groups excluding tert-OH is 1. The summed E-state index contributed by atoms with van der Waals surface area (Å²) >= 11 is 0. The van der Waals surface area contributed by atoms with Crippen LogP contribution in [-0.2, 0) is 19.0 Å². The maximum absolute atomic E-state index is 11.9. The van der Waals surface area contributed by atoms with Crippen LogP contribution in [0.25, 0.3) is 0 Å². The van der Waals surface area contributed by atoms with Gasteiger partial charge in [0, 0.05) is 19.1 Å². The fourth-order valence-corrected chi connectivity index (χ4v) is 2.34. The summed E-state index contributed by atoms with van der Waals surface area (Å²) in [7, 11) is 1.52. The van der Waals surface area contributed by atoms with Gasteiger partial charge in [0.2, 0.25) is 0 Å². The Balaban J connectivity index is 2.87. The Labute approximate surface area is 120 Å². The average molecular weight is 286 g/mol. The van der Waals surface area contributed by atoms with E-state index in [0.717, 1.165) is 12.8 Å². The topological polar surface area (TPSA) is 65.0 Å². The van der Waals surface area contributed by atoms with Crippen molar-refractivity contribution in [1.82, 2.24) is 0 Å². The lowest BCUT2D eigenvalue weighted by molar-refractivity contribution is -0.142. The van der Waals surface area contributed by atoms with Crippen LogP contribution in [0.5, 0.6) is 0 Å². The summed E-state index contributed by atoms with van der Waals surface area (Å²) in [5.41, 5.74) is 0.514. The molecule has 0 radical (unpaired) electrons. The lowest BCUT2D eigenvalue weighted by atomic mass is 9.91. The van der Waals surface area contributed by atoms with Gasteiger partial charge >= 0.3 is 5.97 Å². The summed E-state index contributed by atoms with van der Waals surface area (Å²) in [5.74, 6) is -0.361. The zero-order chi connectivity index (χ0) is 15.1. The number of rotatable bonds is 7. The third-order valence-electron chi connectivity index (χ3n) is 3.60. The average Bonchev–Trinajstić information content (AvgIpc) is 2.46. The molecule has 0 amide bonds. The van der Waals surface area contributed by atoms with Crippen molar-refractivity contribution >= 4 is 5.97 Å². The van der Waals surface area contributed by atoms with E-state index in [1.54, 1.807) is 13.0 Å². The van der Waals surface area contributed by atoms with Crippen molar-refractivity contribution in [3.63, 3.8) is 0 Å². The van der Waals surface area contributed by atoms with Crippen molar-refractivity contribution in [2.75, 3.05) is 13.7 Å². The van der Waals surface area contributed by atoms with Crippen LogP contribution in [0.4, 0.5) is 0 Å². The Morgan fingerprint density at radius 3 is 2.55 bits per heavy atom. The SMILES string of the molecule is CCOC(=O)C1=C[C@@H](OC(CC)CC)[C@@H](O)C(OC)C1. The van der Waals surface area contributed by atoms with Crippen LogP contribution < -0.4 is 0 Å². The normalized spacial score (nSPS) is 26.5. The van der Waals surface area contributed by atoms with Crippen molar-refractivity contribution < 1.29 is 24.1 Å². The number of hydrogen-bond donors (Lipinski definition) is 1. The van der Waals surface area contributed by atoms with Gasteiger partial charge in [0.15, 0.2) is 0 Å². The molecule has 1 rings (SSSR count). The molecule has 0 aromatic rings. The first-order chi connectivity index (χ1) is 9.57. The lowest BCUT2D eigenvalue weighted by Crippen LogP contribution is -2.45. The van der Waals surface area contributed by atoms with Gasteiger partial charge in [-0.05, 0) is 25.8 Å². The molecule has 0 bridgehead atoms. The van der Waals surface area contributed by atoms with E-state index in [2.05, 4.69) is 0 Å². The van der Waals surface area contributed by atoms with E-state index in [1.165, 1.54) is 7.11 Å². The quantitative estimate of drug-likeness (QED) is 0.723. The molecule has 3 atom stereocenters. The van der Waals surface area contributed by atoms with Crippen molar-refractivity contribution in [2.45, 2.75) is 64.4 Å². The van der Waals surface area contributed by atoms with Crippen LogP contribution >= 0.6 is 0 Å². The zero-order valence-corrected chi connectivity index (χ0v) is 12.8. The first-order valence-electron chi connectivity index (χ1n) is 7.31. The number of ether oxygens (including phenoxy) is 3. The molecule has 0 aliphatic heterocycles. The summed E-state index contributed by atoms with van der Waals surface area (Å²) in [6.45, 7) is 6.16. The largest absolute Gasteiger partial charge is 0.463 e. The second kappa shape index (κ2) is 8.39. The van der Waals surface area contributed by atoms with Gasteiger partial charge in [-0.2, -0.15) is 0 Å². The van der Waals surface area contributed by atoms with Crippen molar-refractivity contribution in [3.8, 4) is 0 Å². The van der Waals surface area contributed by atoms with Gasteiger partial charge in [0.05, 0.1) is 18.8 Å². The molecule has 1 N–H and O–H groups in total. The number of methoxy groups -OCH3 is 1. The molecular formula is C15H26O5. The van der Waals surface area contributed by atoms with Crippen molar-refractivity contribution in [2.24, 2.45) is 0 Å². The monoisotopic (exact) mass is 286 g/mol. The summed E-state index contributed by atoms with van der Waals surface area (Å²) in [4.78, 5) is 11.9. The maximum atomic E-state index is 11.9. The molecule has 0 fully saturated rings. The molecule has 1 unspecified atom stereocenters. The van der Waals surface area contributed by atoms with Gasteiger partial charge in [-0.25, -0.2) is 4.79 Å². The molecule has 1 aliphatic rings. The lowest BCUT2D eigenvalue weighted by Gasteiger charge is -2.34. The highest BCUT2D eigenvalue weighted by atomic mass is 16.5. The minimum Gasteiger partial charge on any atom is -0.463 e. The molecule has 0 spiro atoms. The van der Waals surface area contributed by atoms with E-state index in [4.69, 9.17) is 14.2 Å². The number of esters is 1. The molecule has 20 heavy (non-hydrogen) atoms. The Kier molecular flexibility index (Phi) is 7.19. The van der Waals surface area contributed by atoms with E-state index >= 15 is 0 Å². The predicted molar refractivity (Wildman–Crippen MR) is 75.4 cm³/mol. The first-order valence-corrected chi connectivity index (χ1v) is 7.31. The number of carbonyl (C=O) groups excluding carboxylic acids is 1. The van der Waals surface area contributed by atoms with Crippen LogP contribution in [0.2, 0.25) is 0 Å². The number of hydrogen-bond acceptors (Lipinski definition) is 5. The van der Waals surface area contributed by atoms with Crippen LogP contribution in [-0.4, -0.2) is 49.2 Å². The predicted octanol–water partition coefficient (Wildman–Crippen LogP) is 1.83. The Hall–Kier alpha value is -0.910. The van der Waals surface area contributed by atoms with E-state index in [9.17, 15) is 9.90 Å². The second-order valence-corrected chi connectivity index (χ2v) is 4.92. The molecule has 116 valence electrons. The van der Waals surface area contributed by atoms with Crippen LogP contribution in [0.15, 0.2) is 11.6 Å². The van der Waals surface area contributed by atoms with Gasteiger partial charge in [0.25, 0.3) is 0 Å². The zero-order valence-electron chi connectivity index (χ0n) is 12.8. The van der Waals surface area contributed by atoms with Gasteiger partial charge in [0.1, 0.15) is 12.2 Å². The third-order valence-corrected chi connectivity index (χ3v) is 3.60. The van der Waals surface area contributed by atoms with Gasteiger partial charge in [-0.15, -0.1) is 0 Å². The Morgan fingerprint density at radius 1 is 1.40 bits per heavy atom. The smallest absolute Gasteiger partial charge is 0.333 e. The fraction of sp³-hybridized carbons (Fsp3) is 0.800. The van der Waals surface area contributed by atoms with Gasteiger partial charge in [-0.1, -0.05) is 13.8 Å². The highest BCUT2D eigenvalue weighted by Gasteiger charge is 2.36. The van der Waals surface area contributed by atoms with Crippen molar-refractivity contribution in [1.29, 1.82) is 0 Å². The molecular weight excluding hydrogens is 260 g/mol. The Bertz CT molecular complexity index is 335. The number of aliphatic hydroxyl groups is 1. The summed E-state index contributed by atoms with van der Waals surface area (Å²) in [6, 6.07) is 0. The highest BCUT2D eigenvalue weighted by molar-refractivity contribution is 5.88. The van der Waals surface area contributed by atoms with Crippen molar-refractivity contribution in [3.05, 3.63) is 11.6 Å². The maximum Gasteiger partial charge on any atom is 0.333 e. The van der Waals surface area contributed by atoms with Gasteiger partial charge in [-0.3, -0.25) is 0 Å². The minimum atomic E-state index is -0.765. The van der Waals surface area contributed by atoms with E-state index in [-0.39, 0.29) is 12.1 Å². The summed E-state index contributed by atoms with van der Waals surface area (Å²) in [6.07, 6.45) is 2.07. The molecule has 0 saturated carbocycles. The molecule has 5 nitrogen and oxygen atoms in total. The summed E-state index contributed by atoms with van der Waals surface area (Å²) < 4.78 is 16.2. The molecule has 1 aliphatic carbocycles.